The number of amides is 1. The third-order valence-corrected chi connectivity index (χ3v) is 4.71. The van der Waals surface area contributed by atoms with Crippen molar-refractivity contribution in [3.05, 3.63) is 58.1 Å². The molecule has 1 aliphatic carbocycles. The summed E-state index contributed by atoms with van der Waals surface area (Å²) in [6.07, 6.45) is -2.68. The lowest BCUT2D eigenvalue weighted by Gasteiger charge is -2.18. The molecule has 4 nitrogen and oxygen atoms in total. The molecule has 1 unspecified atom stereocenters. The van der Waals surface area contributed by atoms with E-state index in [0.717, 1.165) is 18.2 Å². The van der Waals surface area contributed by atoms with Crippen LogP contribution in [0.1, 0.15) is 35.4 Å². The Morgan fingerprint density at radius 3 is 2.70 bits per heavy atom. The van der Waals surface area contributed by atoms with Crippen LogP contribution >= 0.6 is 11.6 Å². The van der Waals surface area contributed by atoms with E-state index in [9.17, 15) is 22.4 Å². The van der Waals surface area contributed by atoms with Crippen molar-refractivity contribution in [2.75, 3.05) is 5.32 Å². The lowest BCUT2D eigenvalue weighted by atomic mass is 9.93. The lowest BCUT2D eigenvalue weighted by molar-refractivity contribution is -0.137. The van der Waals surface area contributed by atoms with E-state index in [1.54, 1.807) is 0 Å². The van der Waals surface area contributed by atoms with Gasteiger partial charge in [0.1, 0.15) is 0 Å². The molecule has 3 rings (SSSR count). The van der Waals surface area contributed by atoms with Gasteiger partial charge in [-0.2, -0.15) is 17.6 Å². The highest BCUT2D eigenvalue weighted by Crippen LogP contribution is 2.36. The van der Waals surface area contributed by atoms with Crippen molar-refractivity contribution in [2.24, 2.45) is 0 Å². The molecule has 1 amide bonds. The molecule has 2 N–H and O–H groups in total. The van der Waals surface area contributed by atoms with E-state index in [4.69, 9.17) is 17.0 Å². The molecule has 0 bridgehead atoms. The number of hydrogen-bond donors (Lipinski definition) is 2. The van der Waals surface area contributed by atoms with Gasteiger partial charge in [0.25, 0.3) is 0 Å². The van der Waals surface area contributed by atoms with Crippen LogP contribution in [-0.2, 0) is 17.4 Å². The van der Waals surface area contributed by atoms with E-state index in [-0.39, 0.29) is 29.8 Å². The Balaban J connectivity index is 1.88. The molecule has 0 saturated carbocycles. The molecule has 9 heteroatoms. The highest BCUT2D eigenvalue weighted by molar-refractivity contribution is 6.31. The fraction of sp³-hybridized carbons (Fsp3) is 0.278. The van der Waals surface area contributed by atoms with Gasteiger partial charge in [0.15, 0.2) is 0 Å². The third-order valence-electron chi connectivity index (χ3n) is 4.40. The van der Waals surface area contributed by atoms with Crippen LogP contribution in [0.2, 0.25) is 5.02 Å². The maximum absolute atomic E-state index is 14.0. The average molecular weight is 400 g/mol. The van der Waals surface area contributed by atoms with E-state index in [0.29, 0.717) is 12.0 Å². The molecule has 0 saturated heterocycles. The second-order valence-corrected chi connectivity index (χ2v) is 6.63. The first-order chi connectivity index (χ1) is 12.7. The number of carbonyl (C=O) groups excluding carboxylic acids is 1. The minimum Gasteiger partial charge on any atom is -0.326 e. The molecule has 1 aromatic carbocycles. The summed E-state index contributed by atoms with van der Waals surface area (Å²) in [7, 11) is 0. The lowest BCUT2D eigenvalue weighted by Crippen LogP contribution is -2.22. The minimum absolute atomic E-state index is 0.0743. The topological polar surface area (TPSA) is 65.8 Å². The van der Waals surface area contributed by atoms with Crippen LogP contribution in [0.15, 0.2) is 30.5 Å². The van der Waals surface area contributed by atoms with Crippen molar-refractivity contribution in [3.63, 3.8) is 0 Å². The first-order valence-electron chi connectivity index (χ1n) is 8.04. The molecule has 1 aliphatic rings. The molecule has 1 heterocycles. The summed E-state index contributed by atoms with van der Waals surface area (Å²) in [5.74, 6) is -1.98. The number of benzene rings is 1. The first kappa shape index (κ1) is 19.3. The fourth-order valence-corrected chi connectivity index (χ4v) is 3.37. The average Bonchev–Trinajstić information content (AvgIpc) is 2.73. The number of nitrogens with one attached hydrogen (secondary N) is 2. The molecule has 142 valence electrons. The summed E-state index contributed by atoms with van der Waals surface area (Å²) in [4.78, 5) is 16.3. The number of aromatic nitrogens is 1. The fourth-order valence-electron chi connectivity index (χ4n) is 3.08. The Kier molecular flexibility index (Phi) is 5.19. The molecular formula is C18H14ClF4N3O. The Bertz CT molecular complexity index is 914. The largest absolute Gasteiger partial charge is 0.417 e. The van der Waals surface area contributed by atoms with E-state index < -0.39 is 34.5 Å². The Morgan fingerprint density at radius 1 is 1.30 bits per heavy atom. The van der Waals surface area contributed by atoms with E-state index >= 15 is 0 Å². The highest BCUT2D eigenvalue weighted by Gasteiger charge is 2.33. The van der Waals surface area contributed by atoms with Crippen molar-refractivity contribution < 1.29 is 22.4 Å². The summed E-state index contributed by atoms with van der Waals surface area (Å²) < 4.78 is 52.4. The van der Waals surface area contributed by atoms with Crippen LogP contribution in [0, 0.1) is 11.4 Å². The summed E-state index contributed by atoms with van der Waals surface area (Å²) in [6.45, 7) is 0. The van der Waals surface area contributed by atoms with Gasteiger partial charge in [-0.05, 0) is 42.7 Å². The minimum atomic E-state index is -4.59. The number of carbonyl (C=O) groups is 1. The van der Waals surface area contributed by atoms with Crippen molar-refractivity contribution in [2.45, 2.75) is 31.4 Å². The van der Waals surface area contributed by atoms with Gasteiger partial charge in [0.2, 0.25) is 11.9 Å². The zero-order chi connectivity index (χ0) is 19.8. The van der Waals surface area contributed by atoms with Crippen LogP contribution in [0.25, 0.3) is 0 Å². The number of anilines is 1. The molecule has 2 aromatic rings. The molecule has 0 radical (unpaired) electrons. The predicted molar refractivity (Wildman–Crippen MR) is 92.7 cm³/mol. The number of fused-ring (bicyclic) bond motifs is 1. The summed E-state index contributed by atoms with van der Waals surface area (Å²) in [5.41, 5.74) is 0.0267. The van der Waals surface area contributed by atoms with Gasteiger partial charge in [0.05, 0.1) is 16.5 Å². The number of halogens is 5. The van der Waals surface area contributed by atoms with Crippen LogP contribution in [0.4, 0.5) is 23.2 Å². The molecule has 27 heavy (non-hydrogen) atoms. The van der Waals surface area contributed by atoms with Crippen LogP contribution < -0.4 is 5.32 Å². The van der Waals surface area contributed by atoms with Gasteiger partial charge in [-0.1, -0.05) is 11.6 Å². The van der Waals surface area contributed by atoms with Gasteiger partial charge in [0, 0.05) is 29.6 Å². The molecule has 0 fully saturated rings. The maximum atomic E-state index is 14.0. The van der Waals surface area contributed by atoms with E-state index in [1.165, 1.54) is 12.3 Å². The van der Waals surface area contributed by atoms with Gasteiger partial charge >= 0.3 is 6.18 Å². The molecule has 0 aliphatic heterocycles. The van der Waals surface area contributed by atoms with E-state index in [2.05, 4.69) is 10.3 Å². The smallest absolute Gasteiger partial charge is 0.326 e. The zero-order valence-electron chi connectivity index (χ0n) is 13.8. The number of pyridine rings is 1. The second kappa shape index (κ2) is 7.26. The Labute approximate surface area is 157 Å². The van der Waals surface area contributed by atoms with Crippen LogP contribution in [0.3, 0.4) is 0 Å². The number of nitrogens with zero attached hydrogens (tertiary/aromatic N) is 1. The van der Waals surface area contributed by atoms with Gasteiger partial charge < -0.3 is 10.7 Å². The van der Waals surface area contributed by atoms with Crippen LogP contribution in [-0.4, -0.2) is 16.6 Å². The van der Waals surface area contributed by atoms with Gasteiger partial charge in [-0.25, -0.2) is 4.98 Å². The number of alkyl halides is 3. The van der Waals surface area contributed by atoms with Gasteiger partial charge in [-0.15, -0.1) is 0 Å². The van der Waals surface area contributed by atoms with Crippen molar-refractivity contribution in [3.8, 4) is 0 Å². The molecule has 0 spiro atoms. The number of hydrogen-bond acceptors (Lipinski definition) is 3. The van der Waals surface area contributed by atoms with Crippen molar-refractivity contribution >= 4 is 28.9 Å². The summed E-state index contributed by atoms with van der Waals surface area (Å²) in [5, 5.41) is 9.87. The van der Waals surface area contributed by atoms with E-state index in [1.807, 2.05) is 0 Å². The summed E-state index contributed by atoms with van der Waals surface area (Å²) in [6, 6.07) is 4.45. The quantitative estimate of drug-likeness (QED) is 0.425. The maximum Gasteiger partial charge on any atom is 0.417 e. The molecule has 1 aromatic heterocycles. The van der Waals surface area contributed by atoms with Crippen molar-refractivity contribution in [1.29, 1.82) is 5.41 Å². The Morgan fingerprint density at radius 2 is 2.04 bits per heavy atom. The second-order valence-electron chi connectivity index (χ2n) is 6.22. The first-order valence-corrected chi connectivity index (χ1v) is 8.42. The highest BCUT2D eigenvalue weighted by atomic mass is 35.5. The normalized spacial score (nSPS) is 17.2. The Hall–Kier alpha value is -2.48. The monoisotopic (exact) mass is 399 g/mol. The molecule has 1 atom stereocenters. The SMILES string of the molecule is N=C1CCC(C(=O)Nc2ccc(C(F)(F)F)c(Cl)c2)c2ccnc(F)c2C1. The predicted octanol–water partition coefficient (Wildman–Crippen LogP) is 4.97. The summed E-state index contributed by atoms with van der Waals surface area (Å²) >= 11 is 5.67. The van der Waals surface area contributed by atoms with Crippen molar-refractivity contribution in [1.82, 2.24) is 4.98 Å². The van der Waals surface area contributed by atoms with Crippen LogP contribution in [0.5, 0.6) is 0 Å². The zero-order valence-corrected chi connectivity index (χ0v) is 14.6. The third kappa shape index (κ3) is 4.10. The van der Waals surface area contributed by atoms with Gasteiger partial charge in [-0.3, -0.25) is 4.79 Å². The standard InChI is InChI=1S/C18H14ClF4N3O/c19-15-8-10(2-4-14(15)18(21,22)23)26-17(27)12-3-1-9(24)7-13-11(12)5-6-25-16(13)20/h2,4-6,8,12,24H,1,3,7H2,(H,26,27). The number of rotatable bonds is 2. The molecular weight excluding hydrogens is 386 g/mol.